The fourth-order valence-electron chi connectivity index (χ4n) is 2.28. The molecule has 1 aliphatic carbocycles. The van der Waals surface area contributed by atoms with E-state index in [1.54, 1.807) is 7.11 Å². The van der Waals surface area contributed by atoms with Crippen molar-refractivity contribution < 1.29 is 9.84 Å². The van der Waals surface area contributed by atoms with E-state index in [9.17, 15) is 0 Å². The zero-order valence-corrected chi connectivity index (χ0v) is 11.5. The lowest BCUT2D eigenvalue weighted by atomic mass is 10.0. The van der Waals surface area contributed by atoms with Crippen molar-refractivity contribution in [1.29, 1.82) is 0 Å². The number of rotatable bonds is 7. The number of aliphatic hydroxyl groups excluding tert-OH is 1. The smallest absolute Gasteiger partial charge is 0.124 e. The number of hydrogen-bond acceptors (Lipinski definition) is 3. The number of hydrogen-bond donors (Lipinski definition) is 2. The van der Waals surface area contributed by atoms with Crippen LogP contribution in [0.4, 0.5) is 0 Å². The van der Waals surface area contributed by atoms with Crippen LogP contribution in [0.5, 0.6) is 5.75 Å². The molecule has 0 heterocycles. The Kier molecular flexibility index (Phi) is 4.49. The van der Waals surface area contributed by atoms with Gasteiger partial charge in [-0.3, -0.25) is 0 Å². The minimum absolute atomic E-state index is 0.275. The molecule has 3 nitrogen and oxygen atoms in total. The van der Waals surface area contributed by atoms with Gasteiger partial charge in [0.1, 0.15) is 5.75 Å². The van der Waals surface area contributed by atoms with E-state index in [0.29, 0.717) is 12.0 Å². The van der Waals surface area contributed by atoms with Gasteiger partial charge in [0, 0.05) is 30.3 Å². The Balaban J connectivity index is 1.90. The molecule has 1 aromatic rings. The number of ether oxygens (including phenoxy) is 1. The van der Waals surface area contributed by atoms with E-state index in [0.717, 1.165) is 29.3 Å². The van der Waals surface area contributed by atoms with E-state index in [-0.39, 0.29) is 6.61 Å². The first-order chi connectivity index (χ1) is 8.71. The summed E-state index contributed by atoms with van der Waals surface area (Å²) in [7, 11) is 1.66. The van der Waals surface area contributed by atoms with Gasteiger partial charge in [-0.1, -0.05) is 17.7 Å². The number of aliphatic hydroxyl groups is 1. The van der Waals surface area contributed by atoms with E-state index in [2.05, 4.69) is 5.32 Å². The number of halogens is 1. The fraction of sp³-hybridized carbons (Fsp3) is 0.571. The Morgan fingerprint density at radius 1 is 1.44 bits per heavy atom. The highest BCUT2D eigenvalue weighted by Gasteiger charge is 2.41. The van der Waals surface area contributed by atoms with Crippen molar-refractivity contribution in [3.8, 4) is 5.75 Å². The summed E-state index contributed by atoms with van der Waals surface area (Å²) in [4.78, 5) is 0. The maximum Gasteiger partial charge on any atom is 0.124 e. The molecule has 2 rings (SSSR count). The van der Waals surface area contributed by atoms with Crippen LogP contribution in [0, 0.1) is 5.41 Å². The average Bonchev–Trinajstić information content (AvgIpc) is 3.12. The Bertz CT molecular complexity index is 405. The highest BCUT2D eigenvalue weighted by Crippen LogP contribution is 2.48. The van der Waals surface area contributed by atoms with E-state index in [1.165, 1.54) is 12.8 Å². The molecule has 0 radical (unpaired) electrons. The Hall–Kier alpha value is -0.770. The molecule has 0 saturated heterocycles. The van der Waals surface area contributed by atoms with Gasteiger partial charge in [0.15, 0.2) is 0 Å². The van der Waals surface area contributed by atoms with Crippen LogP contribution in [0.15, 0.2) is 18.2 Å². The largest absolute Gasteiger partial charge is 0.496 e. The molecule has 0 bridgehead atoms. The molecule has 0 aliphatic heterocycles. The predicted molar refractivity (Wildman–Crippen MR) is 73.1 cm³/mol. The van der Waals surface area contributed by atoms with E-state index >= 15 is 0 Å². The molecule has 18 heavy (non-hydrogen) atoms. The van der Waals surface area contributed by atoms with E-state index in [1.807, 2.05) is 18.2 Å². The van der Waals surface area contributed by atoms with Crippen molar-refractivity contribution in [1.82, 2.24) is 5.32 Å². The molecule has 1 aromatic carbocycles. The van der Waals surface area contributed by atoms with Crippen molar-refractivity contribution >= 4 is 11.6 Å². The molecule has 0 atom stereocenters. The fourth-order valence-corrected chi connectivity index (χ4v) is 2.52. The first-order valence-electron chi connectivity index (χ1n) is 6.34. The summed E-state index contributed by atoms with van der Waals surface area (Å²) >= 11 is 6.17. The molecule has 0 amide bonds. The molecule has 1 fully saturated rings. The van der Waals surface area contributed by atoms with Gasteiger partial charge < -0.3 is 15.2 Å². The van der Waals surface area contributed by atoms with E-state index < -0.39 is 0 Å². The maximum absolute atomic E-state index is 9.02. The topological polar surface area (TPSA) is 41.5 Å². The molecule has 100 valence electrons. The zero-order chi connectivity index (χ0) is 13.0. The zero-order valence-electron chi connectivity index (χ0n) is 10.7. The summed E-state index contributed by atoms with van der Waals surface area (Å²) in [6.45, 7) is 1.91. The second-order valence-corrected chi connectivity index (χ2v) is 5.41. The maximum atomic E-state index is 9.02. The number of benzene rings is 1. The van der Waals surface area contributed by atoms with Crippen LogP contribution in [0.25, 0.3) is 0 Å². The lowest BCUT2D eigenvalue weighted by molar-refractivity contribution is 0.245. The SMILES string of the molecule is COc1cccc(Cl)c1CNCC1(CCO)CC1. The summed E-state index contributed by atoms with van der Waals surface area (Å²) in [6.07, 6.45) is 3.31. The van der Waals surface area contributed by atoms with Crippen LogP contribution in [0.2, 0.25) is 5.02 Å². The molecular formula is C14H20ClNO2. The summed E-state index contributed by atoms with van der Waals surface area (Å²) in [5, 5.41) is 13.2. The molecule has 1 aliphatic rings. The van der Waals surface area contributed by atoms with Gasteiger partial charge in [-0.05, 0) is 36.8 Å². The van der Waals surface area contributed by atoms with Crippen LogP contribution in [-0.2, 0) is 6.54 Å². The van der Waals surface area contributed by atoms with Crippen molar-refractivity contribution in [3.05, 3.63) is 28.8 Å². The van der Waals surface area contributed by atoms with Crippen molar-refractivity contribution in [3.63, 3.8) is 0 Å². The number of nitrogens with one attached hydrogen (secondary N) is 1. The summed E-state index contributed by atoms with van der Waals surface area (Å²) in [6, 6.07) is 5.68. The van der Waals surface area contributed by atoms with Crippen LogP contribution in [0.3, 0.4) is 0 Å². The van der Waals surface area contributed by atoms with Crippen LogP contribution in [0.1, 0.15) is 24.8 Å². The Morgan fingerprint density at radius 3 is 2.83 bits per heavy atom. The predicted octanol–water partition coefficient (Wildman–Crippen LogP) is 2.60. The molecular weight excluding hydrogens is 250 g/mol. The van der Waals surface area contributed by atoms with Crippen molar-refractivity contribution in [2.45, 2.75) is 25.8 Å². The Morgan fingerprint density at radius 2 is 2.22 bits per heavy atom. The first kappa shape index (κ1) is 13.7. The van der Waals surface area contributed by atoms with E-state index in [4.69, 9.17) is 21.4 Å². The second kappa shape index (κ2) is 5.91. The van der Waals surface area contributed by atoms with Crippen LogP contribution < -0.4 is 10.1 Å². The normalized spacial score (nSPS) is 16.6. The van der Waals surface area contributed by atoms with Gasteiger partial charge in [0.25, 0.3) is 0 Å². The van der Waals surface area contributed by atoms with Gasteiger partial charge in [-0.15, -0.1) is 0 Å². The van der Waals surface area contributed by atoms with Gasteiger partial charge in [0.05, 0.1) is 7.11 Å². The monoisotopic (exact) mass is 269 g/mol. The minimum atomic E-state index is 0.275. The average molecular weight is 270 g/mol. The molecule has 0 aromatic heterocycles. The minimum Gasteiger partial charge on any atom is -0.496 e. The Labute approximate surface area is 113 Å². The lowest BCUT2D eigenvalue weighted by Gasteiger charge is -2.16. The second-order valence-electron chi connectivity index (χ2n) is 5.00. The quantitative estimate of drug-likeness (QED) is 0.800. The third-order valence-electron chi connectivity index (χ3n) is 3.70. The van der Waals surface area contributed by atoms with Gasteiger partial charge in [-0.25, -0.2) is 0 Å². The molecule has 1 saturated carbocycles. The molecule has 2 N–H and O–H groups in total. The third kappa shape index (κ3) is 3.16. The first-order valence-corrected chi connectivity index (χ1v) is 6.71. The lowest BCUT2D eigenvalue weighted by Crippen LogP contribution is -2.24. The summed E-state index contributed by atoms with van der Waals surface area (Å²) < 4.78 is 5.31. The van der Waals surface area contributed by atoms with Gasteiger partial charge in [-0.2, -0.15) is 0 Å². The summed E-state index contributed by atoms with van der Waals surface area (Å²) in [5.41, 5.74) is 1.32. The third-order valence-corrected chi connectivity index (χ3v) is 4.05. The molecule has 4 heteroatoms. The highest BCUT2D eigenvalue weighted by atomic mass is 35.5. The molecule has 0 spiro atoms. The van der Waals surface area contributed by atoms with Crippen LogP contribution in [-0.4, -0.2) is 25.4 Å². The van der Waals surface area contributed by atoms with Crippen molar-refractivity contribution in [2.24, 2.45) is 5.41 Å². The van der Waals surface area contributed by atoms with Crippen molar-refractivity contribution in [2.75, 3.05) is 20.3 Å². The van der Waals surface area contributed by atoms with Crippen LogP contribution >= 0.6 is 11.6 Å². The number of methoxy groups -OCH3 is 1. The highest BCUT2D eigenvalue weighted by molar-refractivity contribution is 6.31. The molecule has 0 unspecified atom stereocenters. The summed E-state index contributed by atoms with van der Waals surface area (Å²) in [5.74, 6) is 0.821. The van der Waals surface area contributed by atoms with Gasteiger partial charge >= 0.3 is 0 Å². The van der Waals surface area contributed by atoms with Gasteiger partial charge in [0.2, 0.25) is 0 Å². The standard InChI is InChI=1S/C14H20ClNO2/c1-18-13-4-2-3-12(15)11(13)9-16-10-14(5-6-14)7-8-17/h2-4,16-17H,5-10H2,1H3.